The van der Waals surface area contributed by atoms with E-state index < -0.39 is 0 Å². The van der Waals surface area contributed by atoms with E-state index in [1.807, 2.05) is 13.0 Å². The zero-order chi connectivity index (χ0) is 13.0. The van der Waals surface area contributed by atoms with Gasteiger partial charge in [0.15, 0.2) is 0 Å². The van der Waals surface area contributed by atoms with Gasteiger partial charge in [0.1, 0.15) is 0 Å². The van der Waals surface area contributed by atoms with Crippen molar-refractivity contribution in [3.63, 3.8) is 0 Å². The second-order valence-corrected chi connectivity index (χ2v) is 4.87. The SMILES string of the molecule is Cc1cc(C(=O)NCC2=CCNCC2)ccc1Cl.Cl. The molecule has 0 atom stereocenters. The third-order valence-electron chi connectivity index (χ3n) is 3.05. The molecule has 0 saturated carbocycles. The quantitative estimate of drug-likeness (QED) is 0.843. The number of benzene rings is 1. The molecular formula is C14H18Cl2N2O. The van der Waals surface area contributed by atoms with E-state index in [1.54, 1.807) is 12.1 Å². The van der Waals surface area contributed by atoms with Crippen molar-refractivity contribution in [2.75, 3.05) is 19.6 Å². The lowest BCUT2D eigenvalue weighted by atomic mass is 10.1. The van der Waals surface area contributed by atoms with E-state index in [-0.39, 0.29) is 18.3 Å². The maximum Gasteiger partial charge on any atom is 0.251 e. The Hall–Kier alpha value is -1.03. The maximum atomic E-state index is 12.0. The van der Waals surface area contributed by atoms with Crippen LogP contribution in [0.25, 0.3) is 0 Å². The highest BCUT2D eigenvalue weighted by molar-refractivity contribution is 6.31. The van der Waals surface area contributed by atoms with E-state index in [2.05, 4.69) is 16.7 Å². The van der Waals surface area contributed by atoms with E-state index in [0.29, 0.717) is 17.1 Å². The zero-order valence-electron chi connectivity index (χ0n) is 10.8. The van der Waals surface area contributed by atoms with Crippen LogP contribution in [0.5, 0.6) is 0 Å². The number of hydrogen-bond donors (Lipinski definition) is 2. The van der Waals surface area contributed by atoms with Crippen LogP contribution >= 0.6 is 24.0 Å². The Bertz CT molecular complexity index is 486. The van der Waals surface area contributed by atoms with E-state index in [1.165, 1.54) is 5.57 Å². The summed E-state index contributed by atoms with van der Waals surface area (Å²) in [6, 6.07) is 5.32. The monoisotopic (exact) mass is 300 g/mol. The topological polar surface area (TPSA) is 41.1 Å². The third-order valence-corrected chi connectivity index (χ3v) is 3.48. The second-order valence-electron chi connectivity index (χ2n) is 4.46. The lowest BCUT2D eigenvalue weighted by Gasteiger charge is -2.14. The molecule has 0 bridgehead atoms. The standard InChI is InChI=1S/C14H17ClN2O.ClH/c1-10-8-12(2-3-13(10)15)14(18)17-9-11-4-6-16-7-5-11;/h2-4,8,16H,5-7,9H2,1H3,(H,17,18);1H. The van der Waals surface area contributed by atoms with Crippen LogP contribution in [-0.4, -0.2) is 25.5 Å². The first-order chi connectivity index (χ1) is 8.66. The van der Waals surface area contributed by atoms with Gasteiger partial charge in [0.2, 0.25) is 0 Å². The average molecular weight is 301 g/mol. The molecule has 3 nitrogen and oxygen atoms in total. The predicted molar refractivity (Wildman–Crippen MR) is 81.3 cm³/mol. The molecular weight excluding hydrogens is 283 g/mol. The molecule has 1 aliphatic heterocycles. The summed E-state index contributed by atoms with van der Waals surface area (Å²) < 4.78 is 0. The van der Waals surface area contributed by atoms with Gasteiger partial charge in [0.05, 0.1) is 0 Å². The van der Waals surface area contributed by atoms with Crippen molar-refractivity contribution in [1.29, 1.82) is 0 Å². The Morgan fingerprint density at radius 3 is 2.89 bits per heavy atom. The highest BCUT2D eigenvalue weighted by Crippen LogP contribution is 2.16. The van der Waals surface area contributed by atoms with Crippen molar-refractivity contribution in [3.8, 4) is 0 Å². The highest BCUT2D eigenvalue weighted by atomic mass is 35.5. The first-order valence-corrected chi connectivity index (χ1v) is 6.47. The molecule has 0 aromatic heterocycles. The summed E-state index contributed by atoms with van der Waals surface area (Å²) in [6.07, 6.45) is 3.14. The summed E-state index contributed by atoms with van der Waals surface area (Å²) >= 11 is 5.94. The molecule has 5 heteroatoms. The molecule has 2 N–H and O–H groups in total. The van der Waals surface area contributed by atoms with Crippen LogP contribution in [0.4, 0.5) is 0 Å². The van der Waals surface area contributed by atoms with Gasteiger partial charge >= 0.3 is 0 Å². The molecule has 0 unspecified atom stereocenters. The molecule has 0 spiro atoms. The number of halogens is 2. The summed E-state index contributed by atoms with van der Waals surface area (Å²) in [5.74, 6) is -0.0470. The van der Waals surface area contributed by atoms with E-state index in [0.717, 1.165) is 25.1 Å². The van der Waals surface area contributed by atoms with Crippen LogP contribution in [0.3, 0.4) is 0 Å². The number of aryl methyl sites for hydroxylation is 1. The van der Waals surface area contributed by atoms with Gasteiger partial charge in [0, 0.05) is 23.7 Å². The number of hydrogen-bond acceptors (Lipinski definition) is 2. The molecule has 0 radical (unpaired) electrons. The van der Waals surface area contributed by atoms with Crippen LogP contribution in [0.15, 0.2) is 29.8 Å². The molecule has 1 amide bonds. The largest absolute Gasteiger partial charge is 0.348 e. The Morgan fingerprint density at radius 1 is 1.47 bits per heavy atom. The van der Waals surface area contributed by atoms with Gasteiger partial charge in [-0.3, -0.25) is 4.79 Å². The van der Waals surface area contributed by atoms with Gasteiger partial charge in [-0.05, 0) is 43.7 Å². The molecule has 1 aromatic rings. The minimum absolute atomic E-state index is 0. The van der Waals surface area contributed by atoms with Gasteiger partial charge in [-0.2, -0.15) is 0 Å². The van der Waals surface area contributed by atoms with Crippen molar-refractivity contribution >= 4 is 29.9 Å². The summed E-state index contributed by atoms with van der Waals surface area (Å²) in [6.45, 7) is 4.41. The van der Waals surface area contributed by atoms with Gasteiger partial charge < -0.3 is 10.6 Å². The fourth-order valence-corrected chi connectivity index (χ4v) is 2.03. The van der Waals surface area contributed by atoms with E-state index in [9.17, 15) is 4.79 Å². The summed E-state index contributed by atoms with van der Waals surface area (Å²) in [5.41, 5.74) is 2.87. The summed E-state index contributed by atoms with van der Waals surface area (Å²) in [5, 5.41) is 6.87. The number of amides is 1. The Labute approximate surface area is 124 Å². The molecule has 0 saturated heterocycles. The summed E-state index contributed by atoms with van der Waals surface area (Å²) in [7, 11) is 0. The van der Waals surface area contributed by atoms with Crippen molar-refractivity contribution < 1.29 is 4.79 Å². The molecule has 19 heavy (non-hydrogen) atoms. The fourth-order valence-electron chi connectivity index (χ4n) is 1.91. The number of rotatable bonds is 3. The van der Waals surface area contributed by atoms with Crippen LogP contribution in [0, 0.1) is 6.92 Å². The van der Waals surface area contributed by atoms with Crippen LogP contribution in [0.2, 0.25) is 5.02 Å². The van der Waals surface area contributed by atoms with Gasteiger partial charge in [0.25, 0.3) is 5.91 Å². The normalized spacial score (nSPS) is 14.3. The van der Waals surface area contributed by atoms with E-state index in [4.69, 9.17) is 11.6 Å². The van der Waals surface area contributed by atoms with Gasteiger partial charge in [-0.25, -0.2) is 0 Å². The van der Waals surface area contributed by atoms with E-state index >= 15 is 0 Å². The zero-order valence-corrected chi connectivity index (χ0v) is 12.4. The maximum absolute atomic E-state index is 12.0. The van der Waals surface area contributed by atoms with Crippen LogP contribution in [0.1, 0.15) is 22.3 Å². The second kappa shape index (κ2) is 7.53. The van der Waals surface area contributed by atoms with Crippen LogP contribution in [-0.2, 0) is 0 Å². The van der Waals surface area contributed by atoms with Crippen molar-refractivity contribution in [3.05, 3.63) is 46.0 Å². The minimum atomic E-state index is -0.0470. The number of carbonyl (C=O) groups excluding carboxylic acids is 1. The van der Waals surface area contributed by atoms with Crippen molar-refractivity contribution in [2.45, 2.75) is 13.3 Å². The molecule has 0 fully saturated rings. The number of carbonyl (C=O) groups is 1. The molecule has 2 rings (SSSR count). The van der Waals surface area contributed by atoms with Crippen molar-refractivity contribution in [1.82, 2.24) is 10.6 Å². The predicted octanol–water partition coefficient (Wildman–Crippen LogP) is 2.72. The molecule has 104 valence electrons. The highest BCUT2D eigenvalue weighted by Gasteiger charge is 2.08. The smallest absolute Gasteiger partial charge is 0.251 e. The molecule has 0 aliphatic carbocycles. The molecule has 1 aromatic carbocycles. The average Bonchev–Trinajstić information content (AvgIpc) is 2.40. The van der Waals surface area contributed by atoms with Gasteiger partial charge in [-0.15, -0.1) is 12.4 Å². The lowest BCUT2D eigenvalue weighted by molar-refractivity contribution is 0.0956. The third kappa shape index (κ3) is 4.53. The molecule has 1 heterocycles. The molecule has 1 aliphatic rings. The lowest BCUT2D eigenvalue weighted by Crippen LogP contribution is -2.29. The van der Waals surface area contributed by atoms with Gasteiger partial charge in [-0.1, -0.05) is 23.3 Å². The Kier molecular flexibility index (Phi) is 6.35. The Balaban J connectivity index is 0.00000180. The fraction of sp³-hybridized carbons (Fsp3) is 0.357. The minimum Gasteiger partial charge on any atom is -0.348 e. The summed E-state index contributed by atoms with van der Waals surface area (Å²) in [4.78, 5) is 12.0. The first-order valence-electron chi connectivity index (χ1n) is 6.10. The number of nitrogens with one attached hydrogen (secondary N) is 2. The Morgan fingerprint density at radius 2 is 2.26 bits per heavy atom. The van der Waals surface area contributed by atoms with Crippen LogP contribution < -0.4 is 10.6 Å². The van der Waals surface area contributed by atoms with Crippen molar-refractivity contribution in [2.24, 2.45) is 0 Å². The first kappa shape index (κ1) is 16.0.